The lowest BCUT2D eigenvalue weighted by Crippen LogP contribution is -2.66. The average molecular weight is 224 g/mol. The summed E-state index contributed by atoms with van der Waals surface area (Å²) in [5.41, 5.74) is 5.46. The van der Waals surface area contributed by atoms with Crippen LogP contribution in [0.2, 0.25) is 0 Å². The summed E-state index contributed by atoms with van der Waals surface area (Å²) in [5, 5.41) is 16.3. The highest BCUT2D eigenvalue weighted by molar-refractivity contribution is 5.97. The van der Waals surface area contributed by atoms with E-state index in [2.05, 4.69) is 10.2 Å². The van der Waals surface area contributed by atoms with Crippen molar-refractivity contribution in [2.24, 2.45) is 5.92 Å². The Morgan fingerprint density at radius 1 is 1.69 bits per heavy atom. The quantitative estimate of drug-likeness (QED) is 0.650. The monoisotopic (exact) mass is 224 g/mol. The number of nitrogens with two attached hydrogens (primary N) is 1. The number of nitrogen functional groups attached to an aromatic ring is 1. The smallest absolute Gasteiger partial charge is 0.274 e. The molecule has 1 amide bonds. The van der Waals surface area contributed by atoms with E-state index in [9.17, 15) is 9.90 Å². The van der Waals surface area contributed by atoms with Crippen molar-refractivity contribution in [3.8, 4) is 0 Å². The standard InChI is InChI=1S/C10H16N4O2/c1-6(2)10(16)4-14(5-10)9(15)8-7(11)3-12-13-8/h3,6,16H,4-5,11H2,1-2H3,(H,12,13). The number of likely N-dealkylation sites (tertiary alicyclic amines) is 1. The Bertz CT molecular complexity index is 407. The van der Waals surface area contributed by atoms with Crippen LogP contribution in [-0.2, 0) is 0 Å². The van der Waals surface area contributed by atoms with Crippen LogP contribution in [0.3, 0.4) is 0 Å². The van der Waals surface area contributed by atoms with Crippen LogP contribution in [-0.4, -0.2) is 44.8 Å². The largest absolute Gasteiger partial charge is 0.396 e. The summed E-state index contributed by atoms with van der Waals surface area (Å²) in [6.45, 7) is 4.57. The minimum atomic E-state index is -0.759. The van der Waals surface area contributed by atoms with Gasteiger partial charge in [0, 0.05) is 0 Å². The Kier molecular flexibility index (Phi) is 2.38. The molecule has 1 aliphatic rings. The van der Waals surface area contributed by atoms with E-state index < -0.39 is 5.60 Å². The molecule has 0 aromatic carbocycles. The van der Waals surface area contributed by atoms with Gasteiger partial charge in [0.2, 0.25) is 0 Å². The van der Waals surface area contributed by atoms with Gasteiger partial charge in [-0.15, -0.1) is 0 Å². The first-order valence-corrected chi connectivity index (χ1v) is 5.24. The van der Waals surface area contributed by atoms with Crippen LogP contribution in [0.1, 0.15) is 24.3 Å². The molecule has 0 atom stereocenters. The van der Waals surface area contributed by atoms with Crippen molar-refractivity contribution < 1.29 is 9.90 Å². The first-order valence-electron chi connectivity index (χ1n) is 5.24. The lowest BCUT2D eigenvalue weighted by molar-refractivity contribution is -0.111. The molecule has 2 rings (SSSR count). The van der Waals surface area contributed by atoms with Gasteiger partial charge in [-0.1, -0.05) is 13.8 Å². The summed E-state index contributed by atoms with van der Waals surface area (Å²) < 4.78 is 0. The highest BCUT2D eigenvalue weighted by Gasteiger charge is 2.46. The molecule has 0 saturated carbocycles. The third-order valence-corrected chi connectivity index (χ3v) is 3.17. The number of aromatic amines is 1. The molecule has 0 aliphatic carbocycles. The third kappa shape index (κ3) is 1.55. The molecule has 16 heavy (non-hydrogen) atoms. The normalized spacial score (nSPS) is 18.6. The first kappa shape index (κ1) is 10.9. The molecule has 4 N–H and O–H groups in total. The predicted molar refractivity (Wildman–Crippen MR) is 58.7 cm³/mol. The zero-order valence-corrected chi connectivity index (χ0v) is 9.40. The molecule has 0 unspecified atom stereocenters. The Morgan fingerprint density at radius 3 is 2.75 bits per heavy atom. The third-order valence-electron chi connectivity index (χ3n) is 3.17. The second-order valence-electron chi connectivity index (χ2n) is 4.62. The molecule has 6 heteroatoms. The van der Waals surface area contributed by atoms with E-state index in [1.807, 2.05) is 13.8 Å². The van der Waals surface area contributed by atoms with Gasteiger partial charge in [0.15, 0.2) is 0 Å². The van der Waals surface area contributed by atoms with Crippen molar-refractivity contribution in [1.82, 2.24) is 15.1 Å². The number of hydrogen-bond donors (Lipinski definition) is 3. The summed E-state index contributed by atoms with van der Waals surface area (Å²) >= 11 is 0. The summed E-state index contributed by atoms with van der Waals surface area (Å²) in [4.78, 5) is 13.4. The van der Waals surface area contributed by atoms with Crippen molar-refractivity contribution in [2.75, 3.05) is 18.8 Å². The number of amides is 1. The maximum Gasteiger partial charge on any atom is 0.274 e. The van der Waals surface area contributed by atoms with Crippen LogP contribution in [0.15, 0.2) is 6.20 Å². The summed E-state index contributed by atoms with van der Waals surface area (Å²) in [7, 11) is 0. The molecule has 6 nitrogen and oxygen atoms in total. The molecular weight excluding hydrogens is 208 g/mol. The van der Waals surface area contributed by atoms with Crippen molar-refractivity contribution in [3.63, 3.8) is 0 Å². The number of aliphatic hydroxyl groups is 1. The van der Waals surface area contributed by atoms with E-state index in [1.165, 1.54) is 6.20 Å². The highest BCUT2D eigenvalue weighted by Crippen LogP contribution is 2.29. The van der Waals surface area contributed by atoms with Gasteiger partial charge in [0.05, 0.1) is 25.0 Å². The molecule has 0 bridgehead atoms. The number of hydrogen-bond acceptors (Lipinski definition) is 4. The van der Waals surface area contributed by atoms with Gasteiger partial charge in [0.25, 0.3) is 5.91 Å². The average Bonchev–Trinajstić information content (AvgIpc) is 2.58. The molecule has 0 radical (unpaired) electrons. The Morgan fingerprint density at radius 2 is 2.31 bits per heavy atom. The van der Waals surface area contributed by atoms with Crippen LogP contribution in [0.5, 0.6) is 0 Å². The van der Waals surface area contributed by atoms with Crippen molar-refractivity contribution >= 4 is 11.6 Å². The number of carbonyl (C=O) groups excluding carboxylic acids is 1. The first-order chi connectivity index (χ1) is 7.44. The maximum absolute atomic E-state index is 11.9. The Balaban J connectivity index is 2.04. The molecule has 2 heterocycles. The number of aromatic nitrogens is 2. The van der Waals surface area contributed by atoms with Crippen LogP contribution in [0, 0.1) is 5.92 Å². The Labute approximate surface area is 93.4 Å². The molecule has 1 fully saturated rings. The molecule has 1 aromatic rings. The van der Waals surface area contributed by atoms with Crippen LogP contribution >= 0.6 is 0 Å². The molecule has 1 saturated heterocycles. The topological polar surface area (TPSA) is 95.2 Å². The number of rotatable bonds is 2. The fourth-order valence-corrected chi connectivity index (χ4v) is 1.75. The zero-order valence-electron chi connectivity index (χ0n) is 9.40. The lowest BCUT2D eigenvalue weighted by atomic mass is 9.83. The molecule has 1 aliphatic heterocycles. The highest BCUT2D eigenvalue weighted by atomic mass is 16.3. The van der Waals surface area contributed by atoms with E-state index >= 15 is 0 Å². The van der Waals surface area contributed by atoms with Crippen molar-refractivity contribution in [1.29, 1.82) is 0 Å². The number of β-amino-alcohol motifs (C(OH)–C–C–N with tert-alkyl or cyclic N) is 1. The number of carbonyl (C=O) groups is 1. The van der Waals surface area contributed by atoms with E-state index in [1.54, 1.807) is 4.90 Å². The van der Waals surface area contributed by atoms with Gasteiger partial charge in [-0.25, -0.2) is 0 Å². The lowest BCUT2D eigenvalue weighted by Gasteiger charge is -2.48. The molecule has 88 valence electrons. The molecule has 1 aromatic heterocycles. The minimum absolute atomic E-state index is 0.135. The van der Waals surface area contributed by atoms with Gasteiger partial charge in [-0.05, 0) is 5.92 Å². The number of H-pyrrole nitrogens is 1. The van der Waals surface area contributed by atoms with Crippen LogP contribution in [0.25, 0.3) is 0 Å². The summed E-state index contributed by atoms with van der Waals surface area (Å²) in [6, 6.07) is 0. The van der Waals surface area contributed by atoms with Crippen molar-refractivity contribution in [2.45, 2.75) is 19.4 Å². The van der Waals surface area contributed by atoms with E-state index in [4.69, 9.17) is 5.73 Å². The van der Waals surface area contributed by atoms with Gasteiger partial charge in [-0.2, -0.15) is 5.10 Å². The summed E-state index contributed by atoms with van der Waals surface area (Å²) in [5.74, 6) is -0.0732. The minimum Gasteiger partial charge on any atom is -0.396 e. The van der Waals surface area contributed by atoms with E-state index in [0.717, 1.165) is 0 Å². The van der Waals surface area contributed by atoms with Gasteiger partial charge in [-0.3, -0.25) is 9.89 Å². The van der Waals surface area contributed by atoms with Crippen LogP contribution in [0.4, 0.5) is 5.69 Å². The SMILES string of the molecule is CC(C)C1(O)CN(C(=O)c2[nH]ncc2N)C1. The number of anilines is 1. The molecule has 0 spiro atoms. The van der Waals surface area contributed by atoms with Gasteiger partial charge < -0.3 is 15.7 Å². The zero-order chi connectivity index (χ0) is 11.9. The number of nitrogens with zero attached hydrogens (tertiary/aromatic N) is 2. The Hall–Kier alpha value is -1.56. The summed E-state index contributed by atoms with van der Waals surface area (Å²) in [6.07, 6.45) is 1.40. The van der Waals surface area contributed by atoms with Gasteiger partial charge >= 0.3 is 0 Å². The van der Waals surface area contributed by atoms with E-state index in [-0.39, 0.29) is 11.8 Å². The van der Waals surface area contributed by atoms with Crippen LogP contribution < -0.4 is 5.73 Å². The second-order valence-corrected chi connectivity index (χ2v) is 4.62. The fourth-order valence-electron chi connectivity index (χ4n) is 1.75. The van der Waals surface area contributed by atoms with Crippen molar-refractivity contribution in [3.05, 3.63) is 11.9 Å². The molecular formula is C10H16N4O2. The predicted octanol–water partition coefficient (Wildman–Crippen LogP) is -0.165. The maximum atomic E-state index is 11.9. The van der Waals surface area contributed by atoms with E-state index in [0.29, 0.717) is 24.5 Å². The van der Waals surface area contributed by atoms with Gasteiger partial charge in [0.1, 0.15) is 11.3 Å². The number of nitrogens with one attached hydrogen (secondary N) is 1. The fraction of sp³-hybridized carbons (Fsp3) is 0.600. The second kappa shape index (κ2) is 3.48.